The van der Waals surface area contributed by atoms with Gasteiger partial charge in [0.15, 0.2) is 5.69 Å². The predicted octanol–water partition coefficient (Wildman–Crippen LogP) is 3.58. The molecule has 0 saturated carbocycles. The average Bonchev–Trinajstić information content (AvgIpc) is 2.61. The molecule has 1 aromatic carbocycles. The lowest BCUT2D eigenvalue weighted by Gasteiger charge is -1.99. The number of aromatic carboxylic acids is 1. The minimum absolute atomic E-state index is 0.0725. The Bertz CT molecular complexity index is 551. The summed E-state index contributed by atoms with van der Waals surface area (Å²) in [6, 6.07) is 7.77. The van der Waals surface area contributed by atoms with E-state index in [2.05, 4.69) is 20.9 Å². The molecule has 0 aliphatic rings. The highest BCUT2D eigenvalue weighted by molar-refractivity contribution is 9.11. The molecular formula is C11H8BrNO2S. The lowest BCUT2D eigenvalue weighted by atomic mass is 10.1. The highest BCUT2D eigenvalue weighted by atomic mass is 79.9. The fraction of sp³-hybridized carbons (Fsp3) is 0.0909. The van der Waals surface area contributed by atoms with Crippen LogP contribution in [-0.4, -0.2) is 16.1 Å². The van der Waals surface area contributed by atoms with Gasteiger partial charge in [-0.25, -0.2) is 9.78 Å². The molecule has 0 aliphatic carbocycles. The van der Waals surface area contributed by atoms with E-state index in [0.717, 1.165) is 16.1 Å². The molecule has 0 radical (unpaired) electrons. The summed E-state index contributed by atoms with van der Waals surface area (Å²) < 4.78 is 0.554. The minimum atomic E-state index is -1.01. The molecule has 0 atom stereocenters. The Balaban J connectivity index is 2.54. The molecule has 0 spiro atoms. The van der Waals surface area contributed by atoms with Crippen molar-refractivity contribution in [3.05, 3.63) is 39.3 Å². The fourth-order valence-corrected chi connectivity index (χ4v) is 2.96. The summed E-state index contributed by atoms with van der Waals surface area (Å²) in [4.78, 5) is 15.0. The lowest BCUT2D eigenvalue weighted by Crippen LogP contribution is -1.97. The Hall–Kier alpha value is -1.20. The maximum absolute atomic E-state index is 10.9. The zero-order valence-corrected chi connectivity index (χ0v) is 10.8. The van der Waals surface area contributed by atoms with Crippen LogP contribution in [0.25, 0.3) is 10.6 Å². The molecule has 2 rings (SSSR count). The monoisotopic (exact) mass is 297 g/mol. The lowest BCUT2D eigenvalue weighted by molar-refractivity contribution is 0.0690. The molecule has 0 amide bonds. The molecular weight excluding hydrogens is 290 g/mol. The Labute approximate surface area is 105 Å². The molecule has 1 heterocycles. The molecule has 0 bridgehead atoms. The van der Waals surface area contributed by atoms with E-state index in [-0.39, 0.29) is 5.69 Å². The first-order chi connectivity index (χ1) is 7.59. The number of thiazole rings is 1. The zero-order valence-electron chi connectivity index (χ0n) is 8.40. The van der Waals surface area contributed by atoms with Crippen molar-refractivity contribution < 1.29 is 9.90 Å². The summed E-state index contributed by atoms with van der Waals surface area (Å²) in [6.45, 7) is 1.98. The highest BCUT2D eigenvalue weighted by Crippen LogP contribution is 2.33. The van der Waals surface area contributed by atoms with E-state index in [1.807, 2.05) is 31.2 Å². The topological polar surface area (TPSA) is 50.2 Å². The fourth-order valence-electron chi connectivity index (χ4n) is 1.36. The number of aromatic nitrogens is 1. The van der Waals surface area contributed by atoms with Crippen molar-refractivity contribution in [1.82, 2.24) is 4.98 Å². The van der Waals surface area contributed by atoms with Gasteiger partial charge >= 0.3 is 5.97 Å². The summed E-state index contributed by atoms with van der Waals surface area (Å²) in [5.74, 6) is -1.01. The maximum atomic E-state index is 10.9. The van der Waals surface area contributed by atoms with E-state index in [1.54, 1.807) is 0 Å². The van der Waals surface area contributed by atoms with Gasteiger partial charge in [-0.05, 0) is 28.4 Å². The molecule has 0 fully saturated rings. The number of aryl methyl sites for hydroxylation is 1. The predicted molar refractivity (Wildman–Crippen MR) is 66.9 cm³/mol. The van der Waals surface area contributed by atoms with Crippen molar-refractivity contribution in [2.24, 2.45) is 0 Å². The minimum Gasteiger partial charge on any atom is -0.476 e. The summed E-state index contributed by atoms with van der Waals surface area (Å²) in [5.41, 5.74) is 2.13. The standard InChI is InChI=1S/C11H8BrNO2S/c1-6-4-2-3-5-7(6)10-13-8(11(14)15)9(12)16-10/h2-5H,1H3,(H,14,15). The SMILES string of the molecule is Cc1ccccc1-c1nc(C(=O)O)c(Br)s1. The third kappa shape index (κ3) is 2.01. The summed E-state index contributed by atoms with van der Waals surface area (Å²) in [6.07, 6.45) is 0. The van der Waals surface area contributed by atoms with E-state index in [9.17, 15) is 4.79 Å². The van der Waals surface area contributed by atoms with Crippen LogP contribution >= 0.6 is 27.3 Å². The van der Waals surface area contributed by atoms with Crippen LogP contribution in [0, 0.1) is 6.92 Å². The van der Waals surface area contributed by atoms with Crippen LogP contribution in [0.2, 0.25) is 0 Å². The van der Waals surface area contributed by atoms with Gasteiger partial charge in [-0.1, -0.05) is 24.3 Å². The quantitative estimate of drug-likeness (QED) is 0.922. The van der Waals surface area contributed by atoms with E-state index in [0.29, 0.717) is 3.79 Å². The van der Waals surface area contributed by atoms with Crippen LogP contribution in [0.5, 0.6) is 0 Å². The first-order valence-electron chi connectivity index (χ1n) is 4.55. The Morgan fingerprint density at radius 3 is 2.69 bits per heavy atom. The Kier molecular flexibility index (Phi) is 3.07. The zero-order chi connectivity index (χ0) is 11.7. The van der Waals surface area contributed by atoms with Crippen LogP contribution in [0.4, 0.5) is 0 Å². The van der Waals surface area contributed by atoms with Crippen LogP contribution in [-0.2, 0) is 0 Å². The van der Waals surface area contributed by atoms with Gasteiger partial charge in [-0.15, -0.1) is 11.3 Å². The van der Waals surface area contributed by atoms with E-state index >= 15 is 0 Å². The second kappa shape index (κ2) is 4.35. The second-order valence-corrected chi connectivity index (χ2v) is 5.58. The van der Waals surface area contributed by atoms with Crippen LogP contribution in [0.3, 0.4) is 0 Å². The van der Waals surface area contributed by atoms with Crippen LogP contribution < -0.4 is 0 Å². The molecule has 0 aliphatic heterocycles. The van der Waals surface area contributed by atoms with Gasteiger partial charge in [0.2, 0.25) is 0 Å². The van der Waals surface area contributed by atoms with Crippen molar-refractivity contribution in [2.45, 2.75) is 6.92 Å². The third-order valence-corrected chi connectivity index (χ3v) is 3.90. The van der Waals surface area contributed by atoms with Gasteiger partial charge in [0.25, 0.3) is 0 Å². The number of rotatable bonds is 2. The van der Waals surface area contributed by atoms with Crippen molar-refractivity contribution in [2.75, 3.05) is 0 Å². The largest absolute Gasteiger partial charge is 0.476 e. The number of carboxylic acids is 1. The summed E-state index contributed by atoms with van der Waals surface area (Å²) >= 11 is 4.55. The number of hydrogen-bond acceptors (Lipinski definition) is 3. The number of carbonyl (C=O) groups is 1. The van der Waals surface area contributed by atoms with Crippen LogP contribution in [0.15, 0.2) is 28.1 Å². The van der Waals surface area contributed by atoms with Gasteiger partial charge in [0, 0.05) is 5.56 Å². The first kappa shape index (κ1) is 11.3. The number of nitrogens with zero attached hydrogens (tertiary/aromatic N) is 1. The smallest absolute Gasteiger partial charge is 0.356 e. The van der Waals surface area contributed by atoms with E-state index in [4.69, 9.17) is 5.11 Å². The summed E-state index contributed by atoms with van der Waals surface area (Å²) in [5, 5.41) is 9.63. The molecule has 0 saturated heterocycles. The number of hydrogen-bond donors (Lipinski definition) is 1. The molecule has 3 nitrogen and oxygen atoms in total. The normalized spacial score (nSPS) is 10.4. The summed E-state index contributed by atoms with van der Waals surface area (Å²) in [7, 11) is 0. The van der Waals surface area contributed by atoms with Gasteiger partial charge in [-0.3, -0.25) is 0 Å². The molecule has 2 aromatic rings. The van der Waals surface area contributed by atoms with Crippen molar-refractivity contribution >= 4 is 33.2 Å². The van der Waals surface area contributed by atoms with E-state index in [1.165, 1.54) is 11.3 Å². The van der Waals surface area contributed by atoms with Gasteiger partial charge in [0.1, 0.15) is 8.79 Å². The van der Waals surface area contributed by atoms with Crippen molar-refractivity contribution in [3.8, 4) is 10.6 Å². The number of halogens is 1. The van der Waals surface area contributed by atoms with Crippen molar-refractivity contribution in [1.29, 1.82) is 0 Å². The number of carboxylic acid groups (broad SMARTS) is 1. The molecule has 82 valence electrons. The first-order valence-corrected chi connectivity index (χ1v) is 6.16. The maximum Gasteiger partial charge on any atom is 0.356 e. The molecule has 16 heavy (non-hydrogen) atoms. The second-order valence-electron chi connectivity index (χ2n) is 3.26. The third-order valence-electron chi connectivity index (χ3n) is 2.16. The van der Waals surface area contributed by atoms with Crippen molar-refractivity contribution in [3.63, 3.8) is 0 Å². The molecule has 5 heteroatoms. The van der Waals surface area contributed by atoms with E-state index < -0.39 is 5.97 Å². The average molecular weight is 298 g/mol. The molecule has 0 unspecified atom stereocenters. The Morgan fingerprint density at radius 2 is 2.12 bits per heavy atom. The van der Waals surface area contributed by atoms with Gasteiger partial charge < -0.3 is 5.11 Å². The van der Waals surface area contributed by atoms with Crippen LogP contribution in [0.1, 0.15) is 16.1 Å². The van der Waals surface area contributed by atoms with Gasteiger partial charge in [0.05, 0.1) is 0 Å². The Morgan fingerprint density at radius 1 is 1.44 bits per heavy atom. The number of benzene rings is 1. The van der Waals surface area contributed by atoms with Gasteiger partial charge in [-0.2, -0.15) is 0 Å². The molecule has 1 aromatic heterocycles. The highest BCUT2D eigenvalue weighted by Gasteiger charge is 2.16. The molecule has 1 N–H and O–H groups in total.